The zero-order chi connectivity index (χ0) is 20.1. The normalized spacial score (nSPS) is 15.4. The number of nitrogens with one attached hydrogen (secondary N) is 1. The standard InChI is InChI=1S/C23H29N5O/c1-2-11-28-18-19(16-24-28)17-26-12-6-13-27(15-14-26)23(29)22-10-9-21(25-22)20-7-4-3-5-8-20/h3-5,7-10,16,18,25H,2,6,11-15,17H2,1H3. The molecule has 6 heteroatoms. The maximum atomic E-state index is 13.0. The summed E-state index contributed by atoms with van der Waals surface area (Å²) < 4.78 is 2.01. The molecule has 152 valence electrons. The van der Waals surface area contributed by atoms with E-state index in [1.54, 1.807) is 0 Å². The van der Waals surface area contributed by atoms with Crippen LogP contribution < -0.4 is 0 Å². The second kappa shape index (κ2) is 9.09. The topological polar surface area (TPSA) is 57.2 Å². The van der Waals surface area contributed by atoms with Crippen molar-refractivity contribution in [2.24, 2.45) is 0 Å². The zero-order valence-electron chi connectivity index (χ0n) is 17.1. The van der Waals surface area contributed by atoms with Gasteiger partial charge in [-0.05, 0) is 30.5 Å². The third-order valence-corrected chi connectivity index (χ3v) is 5.42. The molecule has 0 aliphatic carbocycles. The van der Waals surface area contributed by atoms with Crippen LogP contribution in [0.3, 0.4) is 0 Å². The molecule has 1 saturated heterocycles. The molecule has 6 nitrogen and oxygen atoms in total. The zero-order valence-corrected chi connectivity index (χ0v) is 17.1. The van der Waals surface area contributed by atoms with Gasteiger partial charge in [-0.15, -0.1) is 0 Å². The Morgan fingerprint density at radius 3 is 2.76 bits per heavy atom. The molecule has 0 bridgehead atoms. The Balaban J connectivity index is 1.35. The van der Waals surface area contributed by atoms with Crippen LogP contribution in [0.5, 0.6) is 0 Å². The lowest BCUT2D eigenvalue weighted by Gasteiger charge is -2.21. The second-order valence-corrected chi connectivity index (χ2v) is 7.69. The Morgan fingerprint density at radius 1 is 1.07 bits per heavy atom. The molecule has 4 rings (SSSR count). The summed E-state index contributed by atoms with van der Waals surface area (Å²) in [6, 6.07) is 14.0. The first-order valence-electron chi connectivity index (χ1n) is 10.5. The molecular formula is C23H29N5O. The van der Waals surface area contributed by atoms with E-state index in [-0.39, 0.29) is 5.91 Å². The van der Waals surface area contributed by atoms with Crippen LogP contribution in [-0.2, 0) is 13.1 Å². The first-order chi connectivity index (χ1) is 14.2. The van der Waals surface area contributed by atoms with Crippen molar-refractivity contribution in [3.05, 3.63) is 66.1 Å². The summed E-state index contributed by atoms with van der Waals surface area (Å²) in [6.07, 6.45) is 6.18. The predicted molar refractivity (Wildman–Crippen MR) is 115 cm³/mol. The van der Waals surface area contributed by atoms with Crippen molar-refractivity contribution < 1.29 is 4.79 Å². The number of carbonyl (C=O) groups is 1. The van der Waals surface area contributed by atoms with Crippen LogP contribution in [-0.4, -0.2) is 56.7 Å². The average molecular weight is 392 g/mol. The molecule has 2 aromatic heterocycles. The SMILES string of the molecule is CCCn1cc(CN2CCCN(C(=O)c3ccc(-c4ccccc4)[nH]3)CC2)cn1. The van der Waals surface area contributed by atoms with E-state index in [9.17, 15) is 4.79 Å². The van der Waals surface area contributed by atoms with Gasteiger partial charge in [-0.25, -0.2) is 0 Å². The third kappa shape index (κ3) is 4.77. The Bertz CT molecular complexity index is 930. The first-order valence-corrected chi connectivity index (χ1v) is 10.5. The maximum Gasteiger partial charge on any atom is 0.270 e. The highest BCUT2D eigenvalue weighted by molar-refractivity contribution is 5.93. The lowest BCUT2D eigenvalue weighted by Crippen LogP contribution is -2.35. The summed E-state index contributed by atoms with van der Waals surface area (Å²) in [5, 5.41) is 4.43. The van der Waals surface area contributed by atoms with Crippen molar-refractivity contribution >= 4 is 5.91 Å². The van der Waals surface area contributed by atoms with Gasteiger partial charge in [-0.2, -0.15) is 5.10 Å². The molecule has 0 radical (unpaired) electrons. The number of hydrogen-bond donors (Lipinski definition) is 1. The van der Waals surface area contributed by atoms with Crippen LogP contribution in [0.1, 0.15) is 35.8 Å². The minimum atomic E-state index is 0.0878. The van der Waals surface area contributed by atoms with E-state index in [4.69, 9.17) is 0 Å². The number of benzene rings is 1. The number of carbonyl (C=O) groups excluding carboxylic acids is 1. The molecule has 0 unspecified atom stereocenters. The fraction of sp³-hybridized carbons (Fsp3) is 0.391. The van der Waals surface area contributed by atoms with E-state index < -0.39 is 0 Å². The molecule has 1 fully saturated rings. The molecule has 1 aliphatic rings. The van der Waals surface area contributed by atoms with Gasteiger partial charge >= 0.3 is 0 Å². The number of amides is 1. The lowest BCUT2D eigenvalue weighted by atomic mass is 10.2. The highest BCUT2D eigenvalue weighted by Gasteiger charge is 2.21. The van der Waals surface area contributed by atoms with Crippen LogP contribution in [0.2, 0.25) is 0 Å². The second-order valence-electron chi connectivity index (χ2n) is 7.69. The highest BCUT2D eigenvalue weighted by Crippen LogP contribution is 2.19. The van der Waals surface area contributed by atoms with Gasteiger partial charge in [0.25, 0.3) is 5.91 Å². The number of nitrogens with zero attached hydrogens (tertiary/aromatic N) is 4. The molecule has 0 spiro atoms. The van der Waals surface area contributed by atoms with Crippen LogP contribution in [0, 0.1) is 0 Å². The van der Waals surface area contributed by atoms with Crippen LogP contribution in [0.25, 0.3) is 11.3 Å². The van der Waals surface area contributed by atoms with E-state index in [1.807, 2.05) is 58.2 Å². The summed E-state index contributed by atoms with van der Waals surface area (Å²) >= 11 is 0. The Hall–Kier alpha value is -2.86. The number of hydrogen-bond acceptors (Lipinski definition) is 3. The monoisotopic (exact) mass is 391 g/mol. The Labute approximate surface area is 172 Å². The average Bonchev–Trinajstić information content (AvgIpc) is 3.34. The molecule has 1 aliphatic heterocycles. The molecule has 1 amide bonds. The minimum Gasteiger partial charge on any atom is -0.351 e. The molecule has 1 aromatic carbocycles. The van der Waals surface area contributed by atoms with Crippen molar-refractivity contribution in [2.75, 3.05) is 26.2 Å². The summed E-state index contributed by atoms with van der Waals surface area (Å²) in [6.45, 7) is 7.45. The van der Waals surface area contributed by atoms with Gasteiger partial charge < -0.3 is 9.88 Å². The fourth-order valence-corrected chi connectivity index (χ4v) is 3.91. The third-order valence-electron chi connectivity index (χ3n) is 5.42. The highest BCUT2D eigenvalue weighted by atomic mass is 16.2. The summed E-state index contributed by atoms with van der Waals surface area (Å²) in [5.41, 5.74) is 3.99. The fourth-order valence-electron chi connectivity index (χ4n) is 3.91. The number of aromatic amines is 1. The van der Waals surface area contributed by atoms with Gasteiger partial charge in [0.15, 0.2) is 0 Å². The smallest absolute Gasteiger partial charge is 0.270 e. The summed E-state index contributed by atoms with van der Waals surface area (Å²) in [7, 11) is 0. The molecule has 29 heavy (non-hydrogen) atoms. The van der Waals surface area contributed by atoms with E-state index in [0.29, 0.717) is 5.69 Å². The van der Waals surface area contributed by atoms with Crippen LogP contribution >= 0.6 is 0 Å². The molecule has 3 aromatic rings. The van der Waals surface area contributed by atoms with Crippen molar-refractivity contribution in [3.63, 3.8) is 0 Å². The minimum absolute atomic E-state index is 0.0878. The Morgan fingerprint density at radius 2 is 1.93 bits per heavy atom. The van der Waals surface area contributed by atoms with Crippen LogP contribution in [0.4, 0.5) is 0 Å². The van der Waals surface area contributed by atoms with Crippen molar-refractivity contribution in [3.8, 4) is 11.3 Å². The predicted octanol–water partition coefficient (Wildman–Crippen LogP) is 3.64. The van der Waals surface area contributed by atoms with Gasteiger partial charge in [0.2, 0.25) is 0 Å². The largest absolute Gasteiger partial charge is 0.351 e. The van der Waals surface area contributed by atoms with Gasteiger partial charge in [-0.3, -0.25) is 14.4 Å². The maximum absolute atomic E-state index is 13.0. The van der Waals surface area contributed by atoms with Crippen molar-refractivity contribution in [2.45, 2.75) is 32.9 Å². The quantitative estimate of drug-likeness (QED) is 0.698. The number of rotatable bonds is 6. The molecule has 3 heterocycles. The van der Waals surface area contributed by atoms with Gasteiger partial charge in [0, 0.05) is 56.7 Å². The van der Waals surface area contributed by atoms with E-state index in [1.165, 1.54) is 5.56 Å². The lowest BCUT2D eigenvalue weighted by molar-refractivity contribution is 0.0756. The Kier molecular flexibility index (Phi) is 6.10. The van der Waals surface area contributed by atoms with Crippen LogP contribution in [0.15, 0.2) is 54.9 Å². The van der Waals surface area contributed by atoms with E-state index >= 15 is 0 Å². The molecule has 0 atom stereocenters. The van der Waals surface area contributed by atoms with E-state index in [2.05, 4.69) is 28.1 Å². The van der Waals surface area contributed by atoms with Gasteiger partial charge in [-0.1, -0.05) is 37.3 Å². The van der Waals surface area contributed by atoms with Gasteiger partial charge in [0.05, 0.1) is 6.20 Å². The summed E-state index contributed by atoms with van der Waals surface area (Å²) in [5.74, 6) is 0.0878. The number of aromatic nitrogens is 3. The molecular weight excluding hydrogens is 362 g/mol. The summed E-state index contributed by atoms with van der Waals surface area (Å²) in [4.78, 5) is 20.7. The molecule has 0 saturated carbocycles. The number of H-pyrrole nitrogens is 1. The first kappa shape index (κ1) is 19.5. The van der Waals surface area contributed by atoms with Gasteiger partial charge in [0.1, 0.15) is 5.69 Å². The van der Waals surface area contributed by atoms with Crippen molar-refractivity contribution in [1.82, 2.24) is 24.6 Å². The van der Waals surface area contributed by atoms with Crippen molar-refractivity contribution in [1.29, 1.82) is 0 Å². The molecule has 1 N–H and O–H groups in total. The number of aryl methyl sites for hydroxylation is 1. The van der Waals surface area contributed by atoms with E-state index in [0.717, 1.165) is 63.4 Å².